The van der Waals surface area contributed by atoms with E-state index in [4.69, 9.17) is 0 Å². The Kier molecular flexibility index (Phi) is 4.70. The number of carbonyl (C=O) groups is 1. The van der Waals surface area contributed by atoms with Crippen molar-refractivity contribution in [3.05, 3.63) is 78.1 Å². The van der Waals surface area contributed by atoms with E-state index in [0.29, 0.717) is 22.7 Å². The Labute approximate surface area is 163 Å². The molecule has 2 heterocycles. The van der Waals surface area contributed by atoms with Crippen LogP contribution in [-0.2, 0) is 7.05 Å². The fourth-order valence-corrected chi connectivity index (χ4v) is 3.78. The van der Waals surface area contributed by atoms with Crippen LogP contribution in [0.4, 0.5) is 13.9 Å². The highest BCUT2D eigenvalue weighted by atomic mass is 32.1. The first-order chi connectivity index (χ1) is 13.5. The van der Waals surface area contributed by atoms with Gasteiger partial charge in [0.25, 0.3) is 5.91 Å². The van der Waals surface area contributed by atoms with E-state index in [2.05, 4.69) is 15.3 Å². The van der Waals surface area contributed by atoms with Crippen molar-refractivity contribution in [2.24, 2.45) is 7.05 Å². The van der Waals surface area contributed by atoms with Crippen LogP contribution in [-0.4, -0.2) is 20.4 Å². The van der Waals surface area contributed by atoms with E-state index in [-0.39, 0.29) is 5.56 Å². The lowest BCUT2D eigenvalue weighted by Crippen LogP contribution is -2.12. The summed E-state index contributed by atoms with van der Waals surface area (Å²) >= 11 is 1.24. The van der Waals surface area contributed by atoms with E-state index in [1.807, 2.05) is 48.1 Å². The Hall–Kier alpha value is -3.39. The summed E-state index contributed by atoms with van der Waals surface area (Å²) in [6.07, 6.45) is 3.50. The predicted molar refractivity (Wildman–Crippen MR) is 104 cm³/mol. The first-order valence-electron chi connectivity index (χ1n) is 8.32. The lowest BCUT2D eigenvalue weighted by atomic mass is 10.1. The zero-order valence-electron chi connectivity index (χ0n) is 14.7. The largest absolute Gasteiger partial charge is 0.333 e. The molecule has 0 aliphatic heterocycles. The lowest BCUT2D eigenvalue weighted by Gasteiger charge is -2.02. The van der Waals surface area contributed by atoms with Gasteiger partial charge in [0.15, 0.2) is 11.0 Å². The van der Waals surface area contributed by atoms with Crippen LogP contribution >= 0.6 is 11.3 Å². The molecule has 4 aromatic rings. The number of hydrogen-bond donors (Lipinski definition) is 1. The number of rotatable bonds is 4. The molecule has 0 fully saturated rings. The van der Waals surface area contributed by atoms with Gasteiger partial charge in [-0.05, 0) is 12.1 Å². The van der Waals surface area contributed by atoms with Crippen LogP contribution in [0.15, 0.2) is 60.9 Å². The minimum atomic E-state index is -0.817. The first-order valence-corrected chi connectivity index (χ1v) is 9.14. The predicted octanol–water partition coefficient (Wildman–Crippen LogP) is 4.74. The SMILES string of the molecule is Cn1ccnc1-c1sc(NC(=O)c2cc(F)cc(F)c2)nc1-c1ccccc1. The van der Waals surface area contributed by atoms with Gasteiger partial charge in [-0.2, -0.15) is 0 Å². The standard InChI is InChI=1S/C20H14F2N4OS/c1-26-8-7-23-18(26)17-16(12-5-3-2-4-6-12)24-20(28-17)25-19(27)13-9-14(21)11-15(22)10-13/h2-11H,1H3,(H,24,25,27). The molecule has 1 amide bonds. The van der Waals surface area contributed by atoms with Crippen molar-refractivity contribution in [2.45, 2.75) is 0 Å². The van der Waals surface area contributed by atoms with Crippen molar-refractivity contribution in [3.8, 4) is 22.0 Å². The molecule has 5 nitrogen and oxygen atoms in total. The molecule has 8 heteroatoms. The van der Waals surface area contributed by atoms with Crippen LogP contribution in [0.1, 0.15) is 10.4 Å². The van der Waals surface area contributed by atoms with Crippen molar-refractivity contribution in [3.63, 3.8) is 0 Å². The summed E-state index contributed by atoms with van der Waals surface area (Å²) in [4.78, 5) is 22.1. The van der Waals surface area contributed by atoms with Gasteiger partial charge in [-0.15, -0.1) is 0 Å². The number of hydrogen-bond acceptors (Lipinski definition) is 4. The van der Waals surface area contributed by atoms with Gasteiger partial charge in [0.05, 0.1) is 10.6 Å². The van der Waals surface area contributed by atoms with E-state index in [1.165, 1.54) is 11.3 Å². The van der Waals surface area contributed by atoms with Gasteiger partial charge in [0.2, 0.25) is 0 Å². The minimum absolute atomic E-state index is 0.118. The van der Waals surface area contributed by atoms with E-state index in [0.717, 1.165) is 22.6 Å². The molecule has 2 aromatic heterocycles. The molecule has 1 N–H and O–H groups in total. The highest BCUT2D eigenvalue weighted by molar-refractivity contribution is 7.19. The molecule has 0 radical (unpaired) electrons. The van der Waals surface area contributed by atoms with Crippen LogP contribution in [0.2, 0.25) is 0 Å². The van der Waals surface area contributed by atoms with Crippen molar-refractivity contribution in [2.75, 3.05) is 5.32 Å². The number of nitrogens with one attached hydrogen (secondary N) is 1. The van der Waals surface area contributed by atoms with Gasteiger partial charge < -0.3 is 4.57 Å². The van der Waals surface area contributed by atoms with E-state index < -0.39 is 17.5 Å². The fraction of sp³-hybridized carbons (Fsp3) is 0.0500. The summed E-state index contributed by atoms with van der Waals surface area (Å²) in [7, 11) is 1.87. The molecule has 4 rings (SSSR count). The summed E-state index contributed by atoms with van der Waals surface area (Å²) in [6.45, 7) is 0. The maximum Gasteiger partial charge on any atom is 0.257 e. The third-order valence-corrected chi connectivity index (χ3v) is 5.01. The molecule has 0 aliphatic rings. The third kappa shape index (κ3) is 3.54. The maximum atomic E-state index is 13.4. The van der Waals surface area contributed by atoms with Gasteiger partial charge in [-0.3, -0.25) is 10.1 Å². The van der Waals surface area contributed by atoms with Crippen molar-refractivity contribution >= 4 is 22.4 Å². The van der Waals surface area contributed by atoms with Crippen LogP contribution in [0.25, 0.3) is 22.0 Å². The van der Waals surface area contributed by atoms with Gasteiger partial charge in [-0.25, -0.2) is 18.7 Å². The number of imidazole rings is 1. The average molecular weight is 396 g/mol. The lowest BCUT2D eigenvalue weighted by molar-refractivity contribution is 0.102. The maximum absolute atomic E-state index is 13.4. The van der Waals surface area contributed by atoms with Crippen LogP contribution in [0.5, 0.6) is 0 Å². The van der Waals surface area contributed by atoms with Crippen LogP contribution in [0, 0.1) is 11.6 Å². The zero-order chi connectivity index (χ0) is 19.7. The van der Waals surface area contributed by atoms with Gasteiger partial charge in [-0.1, -0.05) is 41.7 Å². The number of nitrogens with zero attached hydrogens (tertiary/aromatic N) is 3. The van der Waals surface area contributed by atoms with Crippen molar-refractivity contribution in [1.29, 1.82) is 0 Å². The van der Waals surface area contributed by atoms with Gasteiger partial charge >= 0.3 is 0 Å². The molecule has 0 saturated heterocycles. The number of benzene rings is 2. The number of carbonyl (C=O) groups excluding carboxylic acids is 1. The second kappa shape index (κ2) is 7.32. The molecule has 2 aromatic carbocycles. The Balaban J connectivity index is 1.73. The third-order valence-electron chi connectivity index (χ3n) is 4.04. The second-order valence-electron chi connectivity index (χ2n) is 6.04. The summed E-state index contributed by atoms with van der Waals surface area (Å²) in [6, 6.07) is 12.2. The fourth-order valence-electron chi connectivity index (χ4n) is 2.76. The summed E-state index contributed by atoms with van der Waals surface area (Å²) < 4.78 is 28.7. The number of aromatic nitrogens is 3. The summed E-state index contributed by atoms with van der Waals surface area (Å²) in [5.41, 5.74) is 1.42. The molecule has 140 valence electrons. The Morgan fingerprint density at radius 3 is 2.46 bits per heavy atom. The molecule has 0 bridgehead atoms. The molecule has 28 heavy (non-hydrogen) atoms. The molecule has 0 saturated carbocycles. The normalized spacial score (nSPS) is 10.8. The van der Waals surface area contributed by atoms with Crippen molar-refractivity contribution in [1.82, 2.24) is 14.5 Å². The number of halogens is 2. The van der Waals surface area contributed by atoms with Crippen molar-refractivity contribution < 1.29 is 13.6 Å². The Bertz CT molecular complexity index is 1130. The zero-order valence-corrected chi connectivity index (χ0v) is 15.5. The van der Waals surface area contributed by atoms with Gasteiger partial charge in [0, 0.05) is 36.6 Å². The number of thiazole rings is 1. The summed E-state index contributed by atoms with van der Waals surface area (Å²) in [5, 5.41) is 2.93. The highest BCUT2D eigenvalue weighted by Gasteiger charge is 2.20. The van der Waals surface area contributed by atoms with E-state index in [1.54, 1.807) is 6.20 Å². The highest BCUT2D eigenvalue weighted by Crippen LogP contribution is 2.38. The van der Waals surface area contributed by atoms with Crippen LogP contribution < -0.4 is 5.32 Å². The van der Waals surface area contributed by atoms with Crippen LogP contribution in [0.3, 0.4) is 0 Å². The second-order valence-corrected chi connectivity index (χ2v) is 7.04. The molecule has 0 spiro atoms. The number of amides is 1. The summed E-state index contributed by atoms with van der Waals surface area (Å²) in [5.74, 6) is -1.57. The molecule has 0 unspecified atom stereocenters. The number of anilines is 1. The quantitative estimate of drug-likeness (QED) is 0.542. The molecule has 0 aliphatic carbocycles. The van der Waals surface area contributed by atoms with E-state index >= 15 is 0 Å². The average Bonchev–Trinajstić information content (AvgIpc) is 3.27. The Morgan fingerprint density at radius 2 is 1.82 bits per heavy atom. The molecular formula is C20H14F2N4OS. The minimum Gasteiger partial charge on any atom is -0.333 e. The van der Waals surface area contributed by atoms with Gasteiger partial charge in [0.1, 0.15) is 11.6 Å². The monoisotopic (exact) mass is 396 g/mol. The topological polar surface area (TPSA) is 59.8 Å². The number of aryl methyl sites for hydroxylation is 1. The smallest absolute Gasteiger partial charge is 0.257 e. The molecular weight excluding hydrogens is 382 g/mol. The van der Waals surface area contributed by atoms with E-state index in [9.17, 15) is 13.6 Å². The Morgan fingerprint density at radius 1 is 1.11 bits per heavy atom. The first kappa shape index (κ1) is 18.0. The molecule has 0 atom stereocenters.